The molecular formula is C13H28N2O. The molecule has 1 fully saturated rings. The molecule has 1 aliphatic heterocycles. The number of nitrogens with zero attached hydrogens (tertiary/aromatic N) is 1. The molecule has 16 heavy (non-hydrogen) atoms. The summed E-state index contributed by atoms with van der Waals surface area (Å²) in [6.45, 7) is 11.5. The fourth-order valence-electron chi connectivity index (χ4n) is 2.09. The summed E-state index contributed by atoms with van der Waals surface area (Å²) >= 11 is 0. The maximum absolute atomic E-state index is 9.83. The van der Waals surface area contributed by atoms with Crippen LogP contribution in [0.5, 0.6) is 0 Å². The lowest BCUT2D eigenvalue weighted by Crippen LogP contribution is -2.50. The van der Waals surface area contributed by atoms with Gasteiger partial charge in [0, 0.05) is 18.6 Å². The fourth-order valence-corrected chi connectivity index (χ4v) is 2.09. The van der Waals surface area contributed by atoms with Gasteiger partial charge < -0.3 is 10.4 Å². The Morgan fingerprint density at radius 3 is 2.25 bits per heavy atom. The van der Waals surface area contributed by atoms with Gasteiger partial charge in [-0.2, -0.15) is 0 Å². The van der Waals surface area contributed by atoms with Crippen LogP contribution in [0.2, 0.25) is 0 Å². The van der Waals surface area contributed by atoms with Crippen molar-refractivity contribution in [3.8, 4) is 0 Å². The standard InChI is InChI=1S/C13H28N2O/c1-11(15-8-6-5-7-9-15)10-14-12(2)13(3,4)16/h11-12,14,16H,5-10H2,1-4H3. The third kappa shape index (κ3) is 4.40. The Morgan fingerprint density at radius 1 is 1.19 bits per heavy atom. The van der Waals surface area contributed by atoms with Gasteiger partial charge in [0.2, 0.25) is 0 Å². The number of likely N-dealkylation sites (tertiary alicyclic amines) is 1. The van der Waals surface area contributed by atoms with Crippen molar-refractivity contribution in [2.75, 3.05) is 19.6 Å². The SMILES string of the molecule is CC(CNC(C)C(C)(C)O)N1CCCCC1. The average Bonchev–Trinajstić information content (AvgIpc) is 2.25. The van der Waals surface area contributed by atoms with Gasteiger partial charge in [-0.05, 0) is 53.6 Å². The minimum atomic E-state index is -0.637. The van der Waals surface area contributed by atoms with Gasteiger partial charge in [0.15, 0.2) is 0 Å². The summed E-state index contributed by atoms with van der Waals surface area (Å²) in [5, 5.41) is 13.3. The highest BCUT2D eigenvalue weighted by molar-refractivity contribution is 4.82. The molecule has 3 nitrogen and oxygen atoms in total. The number of hydrogen-bond acceptors (Lipinski definition) is 3. The smallest absolute Gasteiger partial charge is 0.0741 e. The van der Waals surface area contributed by atoms with Crippen LogP contribution in [-0.4, -0.2) is 47.3 Å². The predicted molar refractivity (Wildman–Crippen MR) is 68.6 cm³/mol. The van der Waals surface area contributed by atoms with Crippen LogP contribution in [0.4, 0.5) is 0 Å². The Balaban J connectivity index is 2.26. The van der Waals surface area contributed by atoms with Crippen molar-refractivity contribution in [2.45, 2.75) is 64.6 Å². The van der Waals surface area contributed by atoms with E-state index in [1.807, 2.05) is 20.8 Å². The molecule has 2 atom stereocenters. The second kappa shape index (κ2) is 5.99. The summed E-state index contributed by atoms with van der Waals surface area (Å²) in [5.74, 6) is 0. The monoisotopic (exact) mass is 228 g/mol. The second-order valence-corrected chi connectivity index (χ2v) is 5.73. The van der Waals surface area contributed by atoms with Crippen LogP contribution in [0, 0.1) is 0 Å². The zero-order chi connectivity index (χ0) is 12.2. The maximum Gasteiger partial charge on any atom is 0.0741 e. The van der Waals surface area contributed by atoms with Gasteiger partial charge in [0.1, 0.15) is 0 Å². The van der Waals surface area contributed by atoms with Crippen molar-refractivity contribution in [2.24, 2.45) is 0 Å². The molecule has 0 amide bonds. The van der Waals surface area contributed by atoms with Crippen molar-refractivity contribution < 1.29 is 5.11 Å². The molecule has 96 valence electrons. The number of rotatable bonds is 5. The molecular weight excluding hydrogens is 200 g/mol. The molecule has 0 aromatic carbocycles. The summed E-state index contributed by atoms with van der Waals surface area (Å²) in [5.41, 5.74) is -0.637. The summed E-state index contributed by atoms with van der Waals surface area (Å²) in [4.78, 5) is 2.55. The van der Waals surface area contributed by atoms with Gasteiger partial charge in [-0.3, -0.25) is 4.90 Å². The highest BCUT2D eigenvalue weighted by Crippen LogP contribution is 2.12. The van der Waals surface area contributed by atoms with Crippen LogP contribution < -0.4 is 5.32 Å². The third-order valence-corrected chi connectivity index (χ3v) is 3.79. The first-order chi connectivity index (χ1) is 7.41. The molecule has 1 rings (SSSR count). The molecule has 1 aliphatic rings. The molecule has 0 aromatic heterocycles. The summed E-state index contributed by atoms with van der Waals surface area (Å²) in [7, 11) is 0. The Labute approximate surface area is 100 Å². The van der Waals surface area contributed by atoms with Gasteiger partial charge in [-0.25, -0.2) is 0 Å². The highest BCUT2D eigenvalue weighted by Gasteiger charge is 2.23. The lowest BCUT2D eigenvalue weighted by Gasteiger charge is -2.34. The number of aliphatic hydroxyl groups is 1. The average molecular weight is 228 g/mol. The minimum absolute atomic E-state index is 0.139. The largest absolute Gasteiger partial charge is 0.389 e. The van der Waals surface area contributed by atoms with Crippen molar-refractivity contribution in [1.82, 2.24) is 10.2 Å². The van der Waals surface area contributed by atoms with E-state index in [1.54, 1.807) is 0 Å². The zero-order valence-electron chi connectivity index (χ0n) is 11.3. The van der Waals surface area contributed by atoms with E-state index in [0.29, 0.717) is 6.04 Å². The van der Waals surface area contributed by atoms with E-state index in [0.717, 1.165) is 6.54 Å². The summed E-state index contributed by atoms with van der Waals surface area (Å²) < 4.78 is 0. The molecule has 0 bridgehead atoms. The van der Waals surface area contributed by atoms with Crippen LogP contribution >= 0.6 is 0 Å². The molecule has 1 saturated heterocycles. The molecule has 3 heteroatoms. The first kappa shape index (κ1) is 13.9. The predicted octanol–water partition coefficient (Wildman–Crippen LogP) is 1.61. The molecule has 0 saturated carbocycles. The Hall–Kier alpha value is -0.120. The van der Waals surface area contributed by atoms with E-state index in [9.17, 15) is 5.11 Å². The van der Waals surface area contributed by atoms with E-state index in [2.05, 4.69) is 17.1 Å². The van der Waals surface area contributed by atoms with Crippen molar-refractivity contribution in [3.05, 3.63) is 0 Å². The summed E-state index contributed by atoms with van der Waals surface area (Å²) in [6.07, 6.45) is 4.06. The molecule has 0 radical (unpaired) electrons. The topological polar surface area (TPSA) is 35.5 Å². The molecule has 0 aromatic rings. The van der Waals surface area contributed by atoms with Gasteiger partial charge in [0.25, 0.3) is 0 Å². The van der Waals surface area contributed by atoms with Crippen molar-refractivity contribution in [1.29, 1.82) is 0 Å². The van der Waals surface area contributed by atoms with E-state index in [-0.39, 0.29) is 6.04 Å². The molecule has 0 aliphatic carbocycles. The van der Waals surface area contributed by atoms with Gasteiger partial charge in [-0.15, -0.1) is 0 Å². The molecule has 1 heterocycles. The Morgan fingerprint density at radius 2 is 1.75 bits per heavy atom. The zero-order valence-corrected chi connectivity index (χ0v) is 11.3. The van der Waals surface area contributed by atoms with Gasteiger partial charge >= 0.3 is 0 Å². The van der Waals surface area contributed by atoms with Crippen molar-refractivity contribution >= 4 is 0 Å². The lowest BCUT2D eigenvalue weighted by molar-refractivity contribution is 0.0407. The quantitative estimate of drug-likeness (QED) is 0.750. The van der Waals surface area contributed by atoms with Crippen LogP contribution in [0.1, 0.15) is 47.0 Å². The van der Waals surface area contributed by atoms with E-state index in [1.165, 1.54) is 32.4 Å². The van der Waals surface area contributed by atoms with E-state index in [4.69, 9.17) is 0 Å². The van der Waals surface area contributed by atoms with Gasteiger partial charge in [0.05, 0.1) is 5.60 Å². The van der Waals surface area contributed by atoms with Crippen LogP contribution in [0.25, 0.3) is 0 Å². The van der Waals surface area contributed by atoms with Crippen LogP contribution in [-0.2, 0) is 0 Å². The van der Waals surface area contributed by atoms with Gasteiger partial charge in [-0.1, -0.05) is 6.42 Å². The minimum Gasteiger partial charge on any atom is -0.389 e. The fraction of sp³-hybridized carbons (Fsp3) is 1.00. The molecule has 2 unspecified atom stereocenters. The second-order valence-electron chi connectivity index (χ2n) is 5.73. The molecule has 2 N–H and O–H groups in total. The maximum atomic E-state index is 9.83. The van der Waals surface area contributed by atoms with E-state index >= 15 is 0 Å². The third-order valence-electron chi connectivity index (χ3n) is 3.79. The van der Waals surface area contributed by atoms with Crippen LogP contribution in [0.3, 0.4) is 0 Å². The first-order valence-electron chi connectivity index (χ1n) is 6.61. The lowest BCUT2D eigenvalue weighted by atomic mass is 10.0. The Kier molecular flexibility index (Phi) is 5.22. The number of piperidine rings is 1. The normalized spacial score (nSPS) is 23.1. The van der Waals surface area contributed by atoms with E-state index < -0.39 is 5.60 Å². The van der Waals surface area contributed by atoms with Crippen LogP contribution in [0.15, 0.2) is 0 Å². The highest BCUT2D eigenvalue weighted by atomic mass is 16.3. The molecule has 0 spiro atoms. The first-order valence-corrected chi connectivity index (χ1v) is 6.61. The summed E-state index contributed by atoms with van der Waals surface area (Å²) in [6, 6.07) is 0.713. The number of nitrogens with one attached hydrogen (secondary N) is 1. The van der Waals surface area contributed by atoms with Crippen molar-refractivity contribution in [3.63, 3.8) is 0 Å². The Bertz CT molecular complexity index is 195. The number of hydrogen-bond donors (Lipinski definition) is 2.